The first-order valence-corrected chi connectivity index (χ1v) is 19.7. The Labute approximate surface area is 333 Å². The van der Waals surface area contributed by atoms with Gasteiger partial charge in [0.25, 0.3) is 5.69 Å². The molecule has 0 unspecified atom stereocenters. The Morgan fingerprint density at radius 2 is 1.27 bits per heavy atom. The second kappa shape index (κ2) is 15.4. The number of likely N-dealkylation sites (N-methyl/N-ethyl adjacent to an activating group) is 1. The van der Waals surface area contributed by atoms with Crippen molar-refractivity contribution in [2.45, 2.75) is 65.2 Å². The fourth-order valence-electron chi connectivity index (χ4n) is 8.91. The van der Waals surface area contributed by atoms with Crippen molar-refractivity contribution >= 4 is 28.5 Å². The first-order chi connectivity index (χ1) is 27.0. The molecule has 1 aliphatic carbocycles. The molecule has 0 bridgehead atoms. The van der Waals surface area contributed by atoms with E-state index in [2.05, 4.69) is 153 Å². The number of anilines is 3. The van der Waals surface area contributed by atoms with E-state index >= 15 is 0 Å². The Balaban J connectivity index is 1.41. The number of ether oxygens (including phenoxy) is 4. The largest absolute Gasteiger partial charge is 0.497 e. The summed E-state index contributed by atoms with van der Waals surface area (Å²) in [4.78, 5) is 4.83. The molecule has 2 heterocycles. The van der Waals surface area contributed by atoms with E-state index in [1.807, 2.05) is 12.1 Å². The monoisotopic (exact) mass is 750 g/mol. The fourth-order valence-corrected chi connectivity index (χ4v) is 8.91. The van der Waals surface area contributed by atoms with Crippen molar-refractivity contribution in [2.75, 3.05) is 51.3 Å². The number of methoxy groups -OCH3 is 4. The van der Waals surface area contributed by atoms with Crippen LogP contribution in [-0.4, -0.2) is 51.8 Å². The number of fused-ring (bicyclic) bond motifs is 2. The van der Waals surface area contributed by atoms with Crippen molar-refractivity contribution in [3.8, 4) is 23.0 Å². The van der Waals surface area contributed by atoms with Crippen LogP contribution in [0.4, 0.5) is 22.7 Å². The molecule has 7 heteroatoms. The Hall–Kier alpha value is -5.69. The summed E-state index contributed by atoms with van der Waals surface area (Å²) < 4.78 is 25.7. The molecule has 0 aromatic heterocycles. The first-order valence-electron chi connectivity index (χ1n) is 19.7. The summed E-state index contributed by atoms with van der Waals surface area (Å²) in [7, 11) is 6.91. The highest BCUT2D eigenvalue weighted by atomic mass is 16.5. The van der Waals surface area contributed by atoms with Gasteiger partial charge in [0.1, 0.15) is 23.8 Å². The molecule has 0 fully saturated rings. The maximum absolute atomic E-state index is 5.95. The minimum atomic E-state index is -0.277. The number of hydrogen-bond donors (Lipinski definition) is 0. The molecular formula is C49H56N3O4+. The topological polar surface area (TPSA) is 46.4 Å². The fraction of sp³-hybridized carbons (Fsp3) is 0.327. The normalized spacial score (nSPS) is 18.3. The second-order valence-electron chi connectivity index (χ2n) is 15.5. The van der Waals surface area contributed by atoms with Crippen LogP contribution in [0.1, 0.15) is 65.5 Å². The minimum absolute atomic E-state index is 0.277. The Morgan fingerprint density at radius 1 is 0.679 bits per heavy atom. The number of hydrogen-bond acceptors (Lipinski definition) is 6. The Kier molecular flexibility index (Phi) is 10.6. The molecule has 56 heavy (non-hydrogen) atoms. The average Bonchev–Trinajstić information content (AvgIpc) is 3.79. The van der Waals surface area contributed by atoms with E-state index in [-0.39, 0.29) is 10.8 Å². The maximum Gasteiger partial charge on any atom is 0.252 e. The van der Waals surface area contributed by atoms with Crippen LogP contribution in [-0.2, 0) is 10.8 Å². The van der Waals surface area contributed by atoms with Crippen molar-refractivity contribution in [3.05, 3.63) is 143 Å². The summed E-state index contributed by atoms with van der Waals surface area (Å²) in [5.41, 5.74) is 12.6. The third-order valence-electron chi connectivity index (χ3n) is 11.8. The zero-order valence-corrected chi connectivity index (χ0v) is 34.7. The number of benzene rings is 4. The van der Waals surface area contributed by atoms with E-state index in [1.54, 1.807) is 28.4 Å². The zero-order valence-electron chi connectivity index (χ0n) is 34.7. The van der Waals surface area contributed by atoms with Crippen LogP contribution in [0.15, 0.2) is 132 Å². The summed E-state index contributed by atoms with van der Waals surface area (Å²) in [5.74, 6) is 3.25. The number of para-hydroxylation sites is 2. The number of rotatable bonds is 12. The molecule has 0 atom stereocenters. The molecule has 0 saturated carbocycles. The van der Waals surface area contributed by atoms with Crippen molar-refractivity contribution in [3.63, 3.8) is 0 Å². The van der Waals surface area contributed by atoms with Crippen molar-refractivity contribution in [1.29, 1.82) is 0 Å². The standard InChI is InChI=1S/C49H56N3O4/c1-11-50-43(48(3,4)39-29-37(53-7)31-41(55-9)46(39)50)27-25-33-23-24-34(45(33)52(35-19-15-13-16-20-35)36-21-17-14-18-22-36)26-28-44-49(5,6)40-30-38(54-8)32-42(56-10)47(40)51(44)12-2/h13-22,25-32H,11-12,23-24H2,1-10H3/q+1. The Bertz CT molecular complexity index is 2240. The lowest BCUT2D eigenvalue weighted by Crippen LogP contribution is -2.27. The van der Waals surface area contributed by atoms with Crippen LogP contribution in [0.3, 0.4) is 0 Å². The van der Waals surface area contributed by atoms with Crippen LogP contribution in [0.5, 0.6) is 23.0 Å². The zero-order chi connectivity index (χ0) is 39.8. The van der Waals surface area contributed by atoms with Gasteiger partial charge in [-0.25, -0.2) is 0 Å². The summed E-state index contributed by atoms with van der Waals surface area (Å²) in [6.45, 7) is 15.2. The highest BCUT2D eigenvalue weighted by Crippen LogP contribution is 2.54. The molecule has 0 N–H and O–H groups in total. The predicted octanol–water partition coefficient (Wildman–Crippen LogP) is 11.2. The summed E-state index contributed by atoms with van der Waals surface area (Å²) >= 11 is 0. The van der Waals surface area contributed by atoms with E-state index in [1.165, 1.54) is 39.4 Å². The highest BCUT2D eigenvalue weighted by molar-refractivity contribution is 6.04. The van der Waals surface area contributed by atoms with Crippen LogP contribution in [0.2, 0.25) is 0 Å². The van der Waals surface area contributed by atoms with Crippen molar-refractivity contribution in [2.24, 2.45) is 0 Å². The Morgan fingerprint density at radius 3 is 1.82 bits per heavy atom. The minimum Gasteiger partial charge on any atom is -0.497 e. The van der Waals surface area contributed by atoms with E-state index in [4.69, 9.17) is 18.9 Å². The van der Waals surface area contributed by atoms with Crippen molar-refractivity contribution < 1.29 is 23.5 Å². The van der Waals surface area contributed by atoms with Gasteiger partial charge in [-0.3, -0.25) is 0 Å². The summed E-state index contributed by atoms with van der Waals surface area (Å²) in [6, 6.07) is 29.8. The van der Waals surface area contributed by atoms with Gasteiger partial charge in [0.15, 0.2) is 11.5 Å². The lowest BCUT2D eigenvalue weighted by atomic mass is 9.81. The number of nitrogens with zero attached hydrogens (tertiary/aromatic N) is 3. The summed E-state index contributed by atoms with van der Waals surface area (Å²) in [5, 5.41) is 0. The van der Waals surface area contributed by atoms with Gasteiger partial charge in [-0.05, 0) is 99.7 Å². The van der Waals surface area contributed by atoms with Gasteiger partial charge in [0.05, 0.1) is 45.2 Å². The molecule has 7 nitrogen and oxygen atoms in total. The quantitative estimate of drug-likeness (QED) is 0.134. The third-order valence-corrected chi connectivity index (χ3v) is 11.8. The number of allylic oxidation sites excluding steroid dienone is 7. The average molecular weight is 751 g/mol. The first kappa shape index (κ1) is 38.6. The molecule has 2 aliphatic heterocycles. The van der Waals surface area contributed by atoms with Gasteiger partial charge < -0.3 is 28.7 Å². The smallest absolute Gasteiger partial charge is 0.252 e. The van der Waals surface area contributed by atoms with E-state index in [9.17, 15) is 0 Å². The van der Waals surface area contributed by atoms with Crippen LogP contribution in [0, 0.1) is 0 Å². The van der Waals surface area contributed by atoms with Crippen LogP contribution >= 0.6 is 0 Å². The molecule has 0 spiro atoms. The van der Waals surface area contributed by atoms with Gasteiger partial charge in [-0.1, -0.05) is 62.4 Å². The lowest BCUT2D eigenvalue weighted by Gasteiger charge is -2.29. The van der Waals surface area contributed by atoms with E-state index in [0.717, 1.165) is 71.7 Å². The van der Waals surface area contributed by atoms with Gasteiger partial charge in [0.2, 0.25) is 0 Å². The molecule has 3 aliphatic rings. The van der Waals surface area contributed by atoms with E-state index in [0.29, 0.717) is 0 Å². The summed E-state index contributed by atoms with van der Waals surface area (Å²) in [6.07, 6.45) is 11.2. The van der Waals surface area contributed by atoms with Crippen LogP contribution in [0.25, 0.3) is 0 Å². The lowest BCUT2D eigenvalue weighted by molar-refractivity contribution is -0.433. The third kappa shape index (κ3) is 6.47. The highest BCUT2D eigenvalue weighted by Gasteiger charge is 2.47. The van der Waals surface area contributed by atoms with Gasteiger partial charge in [-0.15, -0.1) is 0 Å². The van der Waals surface area contributed by atoms with E-state index < -0.39 is 0 Å². The maximum atomic E-state index is 5.95. The second-order valence-corrected chi connectivity index (χ2v) is 15.5. The molecule has 4 aromatic rings. The molecule has 290 valence electrons. The molecule has 4 aromatic carbocycles. The van der Waals surface area contributed by atoms with Gasteiger partial charge in [-0.2, -0.15) is 4.58 Å². The molecular weight excluding hydrogens is 695 g/mol. The molecule has 0 saturated heterocycles. The van der Waals surface area contributed by atoms with Crippen LogP contribution < -0.4 is 28.7 Å². The molecule has 0 amide bonds. The van der Waals surface area contributed by atoms with Gasteiger partial charge >= 0.3 is 0 Å². The van der Waals surface area contributed by atoms with Gasteiger partial charge in [0, 0.05) is 52.8 Å². The molecule has 7 rings (SSSR count). The SMILES string of the molecule is CCN1/C(=C/C=C2\CCC(/C=C/C3=[N+](CC)c4c(OC)cc(OC)cc4C3(C)C)=C2N(c2ccccc2)c2ccccc2)C(C)(C)c2cc(OC)cc(OC)c21. The molecule has 0 radical (unpaired) electrons. The predicted molar refractivity (Wildman–Crippen MR) is 230 cm³/mol. The van der Waals surface area contributed by atoms with Crippen molar-refractivity contribution in [1.82, 2.24) is 0 Å².